The van der Waals surface area contributed by atoms with E-state index in [4.69, 9.17) is 24.1 Å². The van der Waals surface area contributed by atoms with Crippen molar-refractivity contribution >= 4 is 12.0 Å². The quantitative estimate of drug-likeness (QED) is 0.502. The van der Waals surface area contributed by atoms with Gasteiger partial charge in [0, 0.05) is 11.8 Å². The average molecular weight is 475 g/mol. The van der Waals surface area contributed by atoms with E-state index in [0.29, 0.717) is 28.9 Å². The topological polar surface area (TPSA) is 94.5 Å². The summed E-state index contributed by atoms with van der Waals surface area (Å²) in [5, 5.41) is 18.7. The molecule has 0 radical (unpaired) electrons. The third-order valence-corrected chi connectivity index (χ3v) is 6.35. The lowest BCUT2D eigenvalue weighted by atomic mass is 9.94. The monoisotopic (exact) mass is 474 g/mol. The van der Waals surface area contributed by atoms with Crippen molar-refractivity contribution in [1.82, 2.24) is 0 Å². The van der Waals surface area contributed by atoms with Crippen molar-refractivity contribution < 1.29 is 34.0 Å². The number of esters is 1. The molecule has 1 saturated heterocycles. The Bertz CT molecular complexity index is 920. The normalized spacial score (nSPS) is 32.0. The first kappa shape index (κ1) is 26.4. The summed E-state index contributed by atoms with van der Waals surface area (Å²) in [6.07, 6.45) is 7.14. The summed E-state index contributed by atoms with van der Waals surface area (Å²) in [5.74, 6) is -0.414. The minimum absolute atomic E-state index is 0.0185. The molecule has 0 bridgehead atoms. The molecular weight excluding hydrogens is 436 g/mol. The van der Waals surface area contributed by atoms with Crippen molar-refractivity contribution in [2.45, 2.75) is 78.2 Å². The maximum atomic E-state index is 13.2. The molecule has 188 valence electrons. The van der Waals surface area contributed by atoms with E-state index in [2.05, 4.69) is 19.1 Å². The molecule has 34 heavy (non-hydrogen) atoms. The van der Waals surface area contributed by atoms with E-state index >= 15 is 0 Å². The molecule has 1 fully saturated rings. The summed E-state index contributed by atoms with van der Waals surface area (Å²) in [6, 6.07) is 3.49. The minimum atomic E-state index is -0.980. The van der Waals surface area contributed by atoms with Gasteiger partial charge in [-0.25, -0.2) is 4.79 Å². The molecule has 0 amide bonds. The summed E-state index contributed by atoms with van der Waals surface area (Å²) in [5.41, 5.74) is 1.84. The molecule has 2 aliphatic heterocycles. The molecule has 0 aromatic heterocycles. The standard InChI is InChI=1S/C27H38O7/c1-16-10-11-17(2)25-23(33-27(5,6)34-25)9-7-8-20-13-22(31-15-21(29)14-28)12-18(3)24(20)26(30)32-19(16)4/h7-8,10-13,16-17,19,21,23,25,28-29H,9,14-15H2,1-6H3/b8-7+,11-10-/t16-,17?,19?,21?,23?,25?/m1/s1. The lowest BCUT2D eigenvalue weighted by Crippen LogP contribution is -2.29. The molecule has 0 saturated carbocycles. The third kappa shape index (κ3) is 6.48. The van der Waals surface area contributed by atoms with Gasteiger partial charge in [-0.1, -0.05) is 38.2 Å². The maximum absolute atomic E-state index is 13.2. The maximum Gasteiger partial charge on any atom is 0.339 e. The molecule has 7 heteroatoms. The Morgan fingerprint density at radius 3 is 2.56 bits per heavy atom. The molecule has 2 N–H and O–H groups in total. The molecule has 0 aliphatic carbocycles. The van der Waals surface area contributed by atoms with Crippen LogP contribution in [0, 0.1) is 18.8 Å². The fourth-order valence-corrected chi connectivity index (χ4v) is 4.29. The van der Waals surface area contributed by atoms with Gasteiger partial charge in [-0.05, 0) is 57.4 Å². The van der Waals surface area contributed by atoms with Gasteiger partial charge < -0.3 is 29.2 Å². The molecule has 7 nitrogen and oxygen atoms in total. The van der Waals surface area contributed by atoms with Gasteiger partial charge in [-0.3, -0.25) is 0 Å². The second-order valence-electron chi connectivity index (χ2n) is 9.84. The van der Waals surface area contributed by atoms with Crippen LogP contribution in [0.1, 0.15) is 62.5 Å². The number of hydrogen-bond acceptors (Lipinski definition) is 7. The van der Waals surface area contributed by atoms with Crippen LogP contribution >= 0.6 is 0 Å². The number of rotatable bonds is 4. The van der Waals surface area contributed by atoms with Crippen LogP contribution in [0.4, 0.5) is 0 Å². The number of hydrogen-bond donors (Lipinski definition) is 2. The number of aliphatic hydroxyl groups is 2. The number of carbonyl (C=O) groups is 1. The van der Waals surface area contributed by atoms with E-state index in [9.17, 15) is 9.90 Å². The molecule has 2 heterocycles. The van der Waals surface area contributed by atoms with Crippen LogP contribution in [0.25, 0.3) is 6.08 Å². The average Bonchev–Trinajstić information content (AvgIpc) is 3.08. The van der Waals surface area contributed by atoms with E-state index in [-0.39, 0.29) is 43.4 Å². The van der Waals surface area contributed by atoms with Crippen molar-refractivity contribution in [1.29, 1.82) is 0 Å². The fraction of sp³-hybridized carbons (Fsp3) is 0.593. The molecule has 6 atom stereocenters. The first-order chi connectivity index (χ1) is 16.0. The lowest BCUT2D eigenvalue weighted by Gasteiger charge is -2.23. The number of cyclic esters (lactones) is 1. The van der Waals surface area contributed by atoms with Gasteiger partial charge in [0.2, 0.25) is 0 Å². The molecular formula is C27H38O7. The number of carbonyl (C=O) groups excluding carboxylic acids is 1. The highest BCUT2D eigenvalue weighted by molar-refractivity contribution is 5.95. The Kier molecular flexibility index (Phi) is 8.57. The van der Waals surface area contributed by atoms with Crippen LogP contribution in [0.2, 0.25) is 0 Å². The number of fused-ring (bicyclic) bond motifs is 2. The number of ether oxygens (including phenoxy) is 4. The summed E-state index contributed by atoms with van der Waals surface area (Å²) in [6.45, 7) is 11.3. The van der Waals surface area contributed by atoms with Crippen LogP contribution < -0.4 is 4.74 Å². The van der Waals surface area contributed by atoms with E-state index in [1.165, 1.54) is 0 Å². The molecule has 1 aromatic rings. The number of aliphatic hydroxyl groups excluding tert-OH is 2. The fourth-order valence-electron chi connectivity index (χ4n) is 4.29. The second kappa shape index (κ2) is 11.0. The third-order valence-electron chi connectivity index (χ3n) is 6.35. The molecule has 5 unspecified atom stereocenters. The molecule has 3 rings (SSSR count). The Morgan fingerprint density at radius 1 is 1.15 bits per heavy atom. The first-order valence-corrected chi connectivity index (χ1v) is 12.0. The van der Waals surface area contributed by atoms with Gasteiger partial charge in [0.05, 0.1) is 24.4 Å². The van der Waals surface area contributed by atoms with Crippen molar-refractivity contribution in [3.05, 3.63) is 47.1 Å². The van der Waals surface area contributed by atoms with Gasteiger partial charge in [-0.2, -0.15) is 0 Å². The van der Waals surface area contributed by atoms with Crippen LogP contribution in [-0.4, -0.2) is 59.6 Å². The Labute approximate surface area is 202 Å². The predicted octanol–water partition coefficient (Wildman–Crippen LogP) is 4.04. The van der Waals surface area contributed by atoms with E-state index in [1.54, 1.807) is 12.1 Å². The molecule has 1 aromatic carbocycles. The van der Waals surface area contributed by atoms with Gasteiger partial charge in [-0.15, -0.1) is 0 Å². The van der Waals surface area contributed by atoms with Crippen molar-refractivity contribution in [3.8, 4) is 5.75 Å². The van der Waals surface area contributed by atoms with Gasteiger partial charge in [0.25, 0.3) is 0 Å². The van der Waals surface area contributed by atoms with E-state index < -0.39 is 17.9 Å². The highest BCUT2D eigenvalue weighted by Crippen LogP contribution is 2.35. The number of aryl methyl sites for hydroxylation is 1. The number of benzene rings is 1. The van der Waals surface area contributed by atoms with Crippen LogP contribution in [-0.2, 0) is 14.2 Å². The van der Waals surface area contributed by atoms with Crippen molar-refractivity contribution in [2.24, 2.45) is 11.8 Å². The van der Waals surface area contributed by atoms with Crippen LogP contribution in [0.3, 0.4) is 0 Å². The second-order valence-corrected chi connectivity index (χ2v) is 9.84. The van der Waals surface area contributed by atoms with E-state index in [1.807, 2.05) is 46.8 Å². The SMILES string of the molecule is Cc1cc(OCC(O)CO)cc2c1C(=O)OC(C)[C@H](C)/C=C\C(C)C1OC(C)(C)OC1C/C=C/2. The Hall–Kier alpha value is -2.19. The Morgan fingerprint density at radius 2 is 1.85 bits per heavy atom. The Balaban J connectivity index is 1.99. The highest BCUT2D eigenvalue weighted by Gasteiger charge is 2.42. The van der Waals surface area contributed by atoms with Crippen LogP contribution in [0.5, 0.6) is 5.75 Å². The molecule has 0 spiro atoms. The zero-order valence-electron chi connectivity index (χ0n) is 21.0. The lowest BCUT2D eigenvalue weighted by molar-refractivity contribution is -0.148. The zero-order chi connectivity index (χ0) is 25.0. The molecule has 2 aliphatic rings. The van der Waals surface area contributed by atoms with Gasteiger partial charge in [0.15, 0.2) is 5.79 Å². The van der Waals surface area contributed by atoms with Crippen molar-refractivity contribution in [2.75, 3.05) is 13.2 Å². The minimum Gasteiger partial charge on any atom is -0.491 e. The summed E-state index contributed by atoms with van der Waals surface area (Å²) < 4.78 is 23.9. The summed E-state index contributed by atoms with van der Waals surface area (Å²) >= 11 is 0. The first-order valence-electron chi connectivity index (χ1n) is 12.0. The van der Waals surface area contributed by atoms with E-state index in [0.717, 1.165) is 0 Å². The zero-order valence-corrected chi connectivity index (χ0v) is 21.0. The van der Waals surface area contributed by atoms with Crippen molar-refractivity contribution in [3.63, 3.8) is 0 Å². The smallest absolute Gasteiger partial charge is 0.339 e. The van der Waals surface area contributed by atoms with Gasteiger partial charge in [0.1, 0.15) is 24.6 Å². The van der Waals surface area contributed by atoms with Crippen LogP contribution in [0.15, 0.2) is 30.4 Å². The highest BCUT2D eigenvalue weighted by atomic mass is 16.8. The van der Waals surface area contributed by atoms with Gasteiger partial charge >= 0.3 is 5.97 Å². The summed E-state index contributed by atoms with van der Waals surface area (Å²) in [4.78, 5) is 13.2. The predicted molar refractivity (Wildman–Crippen MR) is 130 cm³/mol. The summed E-state index contributed by atoms with van der Waals surface area (Å²) in [7, 11) is 0. The largest absolute Gasteiger partial charge is 0.491 e.